The van der Waals surface area contributed by atoms with Crippen LogP contribution in [0.1, 0.15) is 11.3 Å². The molecule has 2 aromatic carbocycles. The van der Waals surface area contributed by atoms with Gasteiger partial charge in [0, 0.05) is 18.8 Å². The van der Waals surface area contributed by atoms with E-state index in [2.05, 4.69) is 20.0 Å². The first-order valence-electron chi connectivity index (χ1n) is 9.31. The SMILES string of the molecule is COC(=O)/C=C/c1[nH]c(=O)c2c(ccc3nc(Nc4c(Cl)cccc4Cl)n(C)c32)c1C. The molecule has 0 unspecified atom stereocenters. The molecule has 0 saturated heterocycles. The summed E-state index contributed by atoms with van der Waals surface area (Å²) in [4.78, 5) is 31.9. The van der Waals surface area contributed by atoms with E-state index in [0.717, 1.165) is 10.9 Å². The number of carbonyl (C=O) groups is 1. The minimum absolute atomic E-state index is 0.291. The molecule has 0 atom stereocenters. The number of carbonyl (C=O) groups excluding carboxylic acids is 1. The maximum atomic E-state index is 13.0. The summed E-state index contributed by atoms with van der Waals surface area (Å²) in [5.74, 6) is -0.0133. The minimum Gasteiger partial charge on any atom is -0.466 e. The van der Waals surface area contributed by atoms with Crippen molar-refractivity contribution in [2.24, 2.45) is 7.05 Å². The van der Waals surface area contributed by atoms with Gasteiger partial charge in [0.25, 0.3) is 5.56 Å². The Kier molecular flexibility index (Phi) is 5.47. The number of pyridine rings is 1. The third-order valence-corrected chi connectivity index (χ3v) is 5.74. The van der Waals surface area contributed by atoms with Gasteiger partial charge in [-0.25, -0.2) is 9.78 Å². The number of methoxy groups -OCH3 is 1. The second kappa shape index (κ2) is 8.09. The van der Waals surface area contributed by atoms with Crippen LogP contribution in [0.5, 0.6) is 0 Å². The zero-order chi connectivity index (χ0) is 22.3. The van der Waals surface area contributed by atoms with E-state index in [1.54, 1.807) is 22.8 Å². The summed E-state index contributed by atoms with van der Waals surface area (Å²) in [5.41, 5.74) is 2.90. The summed E-state index contributed by atoms with van der Waals surface area (Å²) in [5, 5.41) is 5.33. The Balaban J connectivity index is 1.90. The quantitative estimate of drug-likeness (QED) is 0.334. The van der Waals surface area contributed by atoms with Gasteiger partial charge in [-0.1, -0.05) is 35.3 Å². The largest absolute Gasteiger partial charge is 0.466 e. The number of halogens is 2. The summed E-state index contributed by atoms with van der Waals surface area (Å²) in [6.07, 6.45) is 2.80. The van der Waals surface area contributed by atoms with Crippen molar-refractivity contribution in [2.45, 2.75) is 6.92 Å². The van der Waals surface area contributed by atoms with Crippen LogP contribution in [0.15, 0.2) is 41.2 Å². The molecular formula is C22H18Cl2N4O3. The number of ether oxygens (including phenoxy) is 1. The van der Waals surface area contributed by atoms with Gasteiger partial charge in [0.2, 0.25) is 5.95 Å². The Morgan fingerprint density at radius 1 is 1.23 bits per heavy atom. The molecule has 2 aromatic heterocycles. The number of benzene rings is 2. The van der Waals surface area contributed by atoms with Crippen molar-refractivity contribution < 1.29 is 9.53 Å². The molecule has 2 heterocycles. The molecule has 158 valence electrons. The minimum atomic E-state index is -0.503. The molecule has 0 spiro atoms. The van der Waals surface area contributed by atoms with E-state index in [0.29, 0.717) is 43.8 Å². The molecule has 0 aliphatic heterocycles. The van der Waals surface area contributed by atoms with E-state index in [1.165, 1.54) is 19.3 Å². The molecule has 9 heteroatoms. The molecule has 4 aromatic rings. The number of aromatic amines is 1. The van der Waals surface area contributed by atoms with Crippen LogP contribution in [0.3, 0.4) is 0 Å². The standard InChI is InChI=1S/C22H18Cl2N4O3/c1-11-12-7-8-16-20(18(12)21(30)25-15(11)9-10-17(29)31-3)28(2)22(26-16)27-19-13(23)5-4-6-14(19)24/h4-10H,1-3H3,(H,25,30)(H,26,27)/b10-9+. The molecule has 0 radical (unpaired) electrons. The van der Waals surface area contributed by atoms with Crippen molar-refractivity contribution in [3.63, 3.8) is 0 Å². The predicted octanol–water partition coefficient (Wildman–Crippen LogP) is 4.96. The van der Waals surface area contributed by atoms with Crippen molar-refractivity contribution in [1.82, 2.24) is 14.5 Å². The lowest BCUT2D eigenvalue weighted by molar-refractivity contribution is -0.134. The first-order valence-corrected chi connectivity index (χ1v) is 10.1. The number of imidazole rings is 1. The number of hydrogen-bond acceptors (Lipinski definition) is 5. The monoisotopic (exact) mass is 456 g/mol. The number of esters is 1. The smallest absolute Gasteiger partial charge is 0.330 e. The van der Waals surface area contributed by atoms with Gasteiger partial charge >= 0.3 is 5.97 Å². The second-order valence-corrected chi connectivity index (χ2v) is 7.74. The van der Waals surface area contributed by atoms with E-state index < -0.39 is 5.97 Å². The lowest BCUT2D eigenvalue weighted by Gasteiger charge is -2.11. The summed E-state index contributed by atoms with van der Waals surface area (Å²) >= 11 is 12.5. The molecular weight excluding hydrogens is 439 g/mol. The summed E-state index contributed by atoms with van der Waals surface area (Å²) < 4.78 is 6.40. The van der Waals surface area contributed by atoms with E-state index in [9.17, 15) is 9.59 Å². The molecule has 4 rings (SSSR count). The molecule has 0 saturated carbocycles. The Labute approximate surface area is 187 Å². The number of para-hydroxylation sites is 1. The number of hydrogen-bond donors (Lipinski definition) is 2. The van der Waals surface area contributed by atoms with Crippen molar-refractivity contribution in [3.8, 4) is 0 Å². The fraction of sp³-hybridized carbons (Fsp3) is 0.136. The van der Waals surface area contributed by atoms with Crippen LogP contribution in [0.25, 0.3) is 27.9 Å². The van der Waals surface area contributed by atoms with Crippen molar-refractivity contribution >= 4 is 68.7 Å². The first-order chi connectivity index (χ1) is 14.8. The molecule has 0 aliphatic carbocycles. The lowest BCUT2D eigenvalue weighted by Crippen LogP contribution is -2.11. The molecule has 0 amide bonds. The van der Waals surface area contributed by atoms with E-state index in [-0.39, 0.29) is 5.56 Å². The van der Waals surface area contributed by atoms with Gasteiger partial charge in [-0.2, -0.15) is 0 Å². The second-order valence-electron chi connectivity index (χ2n) is 6.92. The highest BCUT2D eigenvalue weighted by Crippen LogP contribution is 2.34. The molecule has 0 bridgehead atoms. The van der Waals surface area contributed by atoms with Gasteiger partial charge in [-0.3, -0.25) is 4.79 Å². The highest BCUT2D eigenvalue weighted by Gasteiger charge is 2.17. The fourth-order valence-electron chi connectivity index (χ4n) is 3.50. The Morgan fingerprint density at radius 3 is 2.61 bits per heavy atom. The van der Waals surface area contributed by atoms with Crippen molar-refractivity contribution in [2.75, 3.05) is 12.4 Å². The van der Waals surface area contributed by atoms with Crippen molar-refractivity contribution in [3.05, 3.63) is 68.1 Å². The summed E-state index contributed by atoms with van der Waals surface area (Å²) in [6, 6.07) is 8.90. The maximum Gasteiger partial charge on any atom is 0.330 e. The average molecular weight is 457 g/mol. The van der Waals surface area contributed by atoms with Gasteiger partial charge in [0.1, 0.15) is 0 Å². The number of rotatable bonds is 4. The number of fused-ring (bicyclic) bond motifs is 3. The molecule has 0 aliphatic rings. The van der Waals surface area contributed by atoms with Crippen LogP contribution in [0.2, 0.25) is 10.0 Å². The normalized spacial score (nSPS) is 11.5. The van der Waals surface area contributed by atoms with Gasteiger partial charge in [-0.15, -0.1) is 0 Å². The molecule has 2 N–H and O–H groups in total. The first kappa shape index (κ1) is 21.0. The summed E-state index contributed by atoms with van der Waals surface area (Å²) in [6.45, 7) is 1.88. The number of nitrogens with one attached hydrogen (secondary N) is 2. The van der Waals surface area contributed by atoms with E-state index in [4.69, 9.17) is 23.2 Å². The van der Waals surface area contributed by atoms with Crippen LogP contribution in [0, 0.1) is 6.92 Å². The highest BCUT2D eigenvalue weighted by atomic mass is 35.5. The van der Waals surface area contributed by atoms with Gasteiger partial charge in [0.15, 0.2) is 0 Å². The average Bonchev–Trinajstić information content (AvgIpc) is 3.07. The number of aryl methyl sites for hydroxylation is 2. The third kappa shape index (κ3) is 3.66. The van der Waals surface area contributed by atoms with Crippen LogP contribution in [-0.4, -0.2) is 27.6 Å². The lowest BCUT2D eigenvalue weighted by atomic mass is 10.0. The zero-order valence-corrected chi connectivity index (χ0v) is 18.4. The van der Waals surface area contributed by atoms with Gasteiger partial charge in [-0.05, 0) is 42.1 Å². The number of anilines is 2. The van der Waals surface area contributed by atoms with Crippen LogP contribution >= 0.6 is 23.2 Å². The summed E-state index contributed by atoms with van der Waals surface area (Å²) in [7, 11) is 3.10. The number of aromatic nitrogens is 3. The van der Waals surface area contributed by atoms with Gasteiger partial charge in [0.05, 0.1) is 39.3 Å². The van der Waals surface area contributed by atoms with Gasteiger partial charge < -0.3 is 19.6 Å². The fourth-order valence-corrected chi connectivity index (χ4v) is 3.99. The molecule has 31 heavy (non-hydrogen) atoms. The Hall–Kier alpha value is -3.29. The zero-order valence-electron chi connectivity index (χ0n) is 16.9. The van der Waals surface area contributed by atoms with Crippen molar-refractivity contribution in [1.29, 1.82) is 0 Å². The Morgan fingerprint density at radius 2 is 1.94 bits per heavy atom. The van der Waals surface area contributed by atoms with Crippen LogP contribution in [-0.2, 0) is 16.6 Å². The molecule has 7 nitrogen and oxygen atoms in total. The maximum absolute atomic E-state index is 13.0. The number of H-pyrrole nitrogens is 1. The van der Waals surface area contributed by atoms with Crippen LogP contribution in [0.4, 0.5) is 11.6 Å². The van der Waals surface area contributed by atoms with Crippen LogP contribution < -0.4 is 10.9 Å². The van der Waals surface area contributed by atoms with E-state index in [1.807, 2.05) is 26.1 Å². The highest BCUT2D eigenvalue weighted by molar-refractivity contribution is 6.39. The third-order valence-electron chi connectivity index (χ3n) is 5.11. The predicted molar refractivity (Wildman–Crippen MR) is 124 cm³/mol. The molecule has 0 fully saturated rings. The van der Waals surface area contributed by atoms with E-state index >= 15 is 0 Å². The topological polar surface area (TPSA) is 89.0 Å². The number of nitrogens with zero attached hydrogens (tertiary/aromatic N) is 2. The Bertz CT molecular complexity index is 1420.